The third-order valence-corrected chi connectivity index (χ3v) is 3.85. The van der Waals surface area contributed by atoms with Crippen molar-refractivity contribution in [2.45, 2.75) is 58.5 Å². The van der Waals surface area contributed by atoms with Crippen LogP contribution in [0.2, 0.25) is 0 Å². The minimum Gasteiger partial charge on any atom is -0.351 e. The largest absolute Gasteiger partial charge is 0.416 e. The summed E-state index contributed by atoms with van der Waals surface area (Å²) in [6.07, 6.45) is -3.97. The first-order valence-corrected chi connectivity index (χ1v) is 8.20. The van der Waals surface area contributed by atoms with Gasteiger partial charge in [0.15, 0.2) is 0 Å². The standard InChI is InChI=1S/C18H26F4N2O/c1-11(2)6-15(23-5)16(25)24-10-12-7-13(17(3,4)19)9-14(8-12)18(20,21)22/h7-9,11,15,23H,6,10H2,1-5H3,(H,24,25)/t15-/m0/s1. The van der Waals surface area contributed by atoms with E-state index in [0.717, 1.165) is 12.1 Å². The number of hydrogen-bond acceptors (Lipinski definition) is 2. The molecule has 0 saturated carbocycles. The number of rotatable bonds is 7. The van der Waals surface area contributed by atoms with Crippen LogP contribution in [0.3, 0.4) is 0 Å². The highest BCUT2D eigenvalue weighted by Gasteiger charge is 2.33. The van der Waals surface area contributed by atoms with Crippen molar-refractivity contribution in [3.8, 4) is 0 Å². The lowest BCUT2D eigenvalue weighted by Gasteiger charge is -2.20. The number of alkyl halides is 4. The maximum absolute atomic E-state index is 14.1. The Bertz CT molecular complexity index is 559. The van der Waals surface area contributed by atoms with Crippen molar-refractivity contribution in [3.05, 3.63) is 34.9 Å². The van der Waals surface area contributed by atoms with Gasteiger partial charge in [-0.05, 0) is 56.5 Å². The number of likely N-dealkylation sites (N-methyl/N-ethyl adjacent to an activating group) is 1. The van der Waals surface area contributed by atoms with E-state index in [9.17, 15) is 22.4 Å². The monoisotopic (exact) mass is 362 g/mol. The fourth-order valence-corrected chi connectivity index (χ4v) is 2.44. The van der Waals surface area contributed by atoms with Gasteiger partial charge in [0.2, 0.25) is 5.91 Å². The number of benzene rings is 1. The molecule has 3 nitrogen and oxygen atoms in total. The zero-order valence-electron chi connectivity index (χ0n) is 15.2. The average Bonchev–Trinajstić information content (AvgIpc) is 2.48. The number of amides is 1. The van der Waals surface area contributed by atoms with Crippen molar-refractivity contribution in [1.82, 2.24) is 10.6 Å². The molecule has 0 aliphatic rings. The van der Waals surface area contributed by atoms with Crippen LogP contribution in [0.4, 0.5) is 17.6 Å². The summed E-state index contributed by atoms with van der Waals surface area (Å²) in [4.78, 5) is 12.2. The number of carbonyl (C=O) groups excluding carboxylic acids is 1. The van der Waals surface area contributed by atoms with E-state index in [4.69, 9.17) is 0 Å². The van der Waals surface area contributed by atoms with Gasteiger partial charge in [0.1, 0.15) is 5.67 Å². The molecule has 0 spiro atoms. The van der Waals surface area contributed by atoms with Crippen LogP contribution in [0, 0.1) is 5.92 Å². The Morgan fingerprint density at radius 1 is 1.08 bits per heavy atom. The zero-order chi connectivity index (χ0) is 19.4. The summed E-state index contributed by atoms with van der Waals surface area (Å²) in [7, 11) is 1.65. The molecule has 1 amide bonds. The van der Waals surface area contributed by atoms with Crippen LogP contribution in [-0.2, 0) is 23.2 Å². The van der Waals surface area contributed by atoms with Gasteiger partial charge in [-0.15, -0.1) is 0 Å². The first-order chi connectivity index (χ1) is 11.3. The average molecular weight is 362 g/mol. The molecule has 2 N–H and O–H groups in total. The molecule has 142 valence electrons. The van der Waals surface area contributed by atoms with Gasteiger partial charge in [-0.3, -0.25) is 4.79 Å². The molecule has 0 aliphatic carbocycles. The molecule has 0 saturated heterocycles. The van der Waals surface area contributed by atoms with Gasteiger partial charge >= 0.3 is 6.18 Å². The van der Waals surface area contributed by atoms with Crippen molar-refractivity contribution in [2.24, 2.45) is 5.92 Å². The molecule has 1 aromatic carbocycles. The van der Waals surface area contributed by atoms with Gasteiger partial charge in [-0.25, -0.2) is 4.39 Å². The van der Waals surface area contributed by atoms with E-state index in [2.05, 4.69) is 10.6 Å². The Morgan fingerprint density at radius 3 is 2.08 bits per heavy atom. The molecule has 0 heterocycles. The maximum Gasteiger partial charge on any atom is 0.416 e. The number of nitrogens with one attached hydrogen (secondary N) is 2. The second-order valence-corrected chi connectivity index (χ2v) is 7.08. The maximum atomic E-state index is 14.1. The molecule has 0 radical (unpaired) electrons. The van der Waals surface area contributed by atoms with Crippen molar-refractivity contribution < 1.29 is 22.4 Å². The summed E-state index contributed by atoms with van der Waals surface area (Å²) in [5.74, 6) is -0.00892. The summed E-state index contributed by atoms with van der Waals surface area (Å²) in [5.41, 5.74) is -2.69. The molecule has 0 fully saturated rings. The Labute approximate surface area is 146 Å². The van der Waals surface area contributed by atoms with Crippen LogP contribution >= 0.6 is 0 Å². The van der Waals surface area contributed by atoms with Crippen LogP contribution in [0.1, 0.15) is 50.8 Å². The summed E-state index contributed by atoms with van der Waals surface area (Å²) < 4.78 is 53.3. The second kappa shape index (κ2) is 8.17. The highest BCUT2D eigenvalue weighted by atomic mass is 19.4. The predicted molar refractivity (Wildman–Crippen MR) is 89.7 cm³/mol. The van der Waals surface area contributed by atoms with Crippen molar-refractivity contribution >= 4 is 5.91 Å². The molecule has 1 aromatic rings. The van der Waals surface area contributed by atoms with Crippen molar-refractivity contribution in [2.75, 3.05) is 7.05 Å². The van der Waals surface area contributed by atoms with Crippen LogP contribution in [-0.4, -0.2) is 19.0 Å². The Kier molecular flexibility index (Phi) is 6.99. The zero-order valence-corrected chi connectivity index (χ0v) is 15.2. The number of carbonyl (C=O) groups is 1. The molecule has 0 aromatic heterocycles. The molecule has 0 unspecified atom stereocenters. The Hall–Kier alpha value is -1.63. The highest BCUT2D eigenvalue weighted by Crippen LogP contribution is 2.34. The van der Waals surface area contributed by atoms with Gasteiger partial charge in [0, 0.05) is 6.54 Å². The van der Waals surface area contributed by atoms with E-state index in [1.807, 2.05) is 13.8 Å². The molecule has 25 heavy (non-hydrogen) atoms. The smallest absolute Gasteiger partial charge is 0.351 e. The number of hydrogen-bond donors (Lipinski definition) is 2. The molecule has 1 atom stereocenters. The van der Waals surface area contributed by atoms with Gasteiger partial charge in [-0.1, -0.05) is 19.9 Å². The molecule has 0 aliphatic heterocycles. The lowest BCUT2D eigenvalue weighted by molar-refractivity contribution is -0.137. The van der Waals surface area contributed by atoms with Gasteiger partial charge in [-0.2, -0.15) is 13.2 Å². The Morgan fingerprint density at radius 2 is 1.64 bits per heavy atom. The molecule has 0 bridgehead atoms. The third kappa shape index (κ3) is 6.65. The predicted octanol–water partition coefficient (Wildman–Crippen LogP) is 4.16. The summed E-state index contributed by atoms with van der Waals surface area (Å²) in [6, 6.07) is 2.67. The van der Waals surface area contributed by atoms with Gasteiger partial charge in [0.05, 0.1) is 11.6 Å². The molecule has 7 heteroatoms. The normalized spacial score (nSPS) is 13.8. The van der Waals surface area contributed by atoms with E-state index in [1.54, 1.807) is 7.05 Å². The summed E-state index contributed by atoms with van der Waals surface area (Å²) >= 11 is 0. The minimum absolute atomic E-state index is 0.0704. The first-order valence-electron chi connectivity index (χ1n) is 8.20. The van der Waals surface area contributed by atoms with E-state index in [-0.39, 0.29) is 29.5 Å². The van der Waals surface area contributed by atoms with Gasteiger partial charge in [0.25, 0.3) is 0 Å². The van der Waals surface area contributed by atoms with Crippen LogP contribution < -0.4 is 10.6 Å². The first kappa shape index (κ1) is 21.4. The third-order valence-electron chi connectivity index (χ3n) is 3.85. The van der Waals surface area contributed by atoms with Gasteiger partial charge < -0.3 is 10.6 Å². The molecular weight excluding hydrogens is 336 g/mol. The van der Waals surface area contributed by atoms with E-state index in [0.29, 0.717) is 6.42 Å². The topological polar surface area (TPSA) is 41.1 Å². The minimum atomic E-state index is -4.58. The number of halogens is 4. The van der Waals surface area contributed by atoms with Crippen LogP contribution in [0.5, 0.6) is 0 Å². The summed E-state index contributed by atoms with van der Waals surface area (Å²) in [5, 5.41) is 5.51. The highest BCUT2D eigenvalue weighted by molar-refractivity contribution is 5.81. The summed E-state index contributed by atoms with van der Waals surface area (Å²) in [6.45, 7) is 6.25. The fraction of sp³-hybridized carbons (Fsp3) is 0.611. The molecular formula is C18H26F4N2O. The SMILES string of the molecule is CN[C@@H](CC(C)C)C(=O)NCc1cc(C(C)(C)F)cc(C(F)(F)F)c1. The lowest BCUT2D eigenvalue weighted by atomic mass is 9.95. The quantitative estimate of drug-likeness (QED) is 0.715. The van der Waals surface area contributed by atoms with E-state index < -0.39 is 23.5 Å². The Balaban J connectivity index is 2.99. The van der Waals surface area contributed by atoms with Crippen molar-refractivity contribution in [1.29, 1.82) is 0 Å². The molecule has 1 rings (SSSR count). The van der Waals surface area contributed by atoms with Crippen molar-refractivity contribution in [3.63, 3.8) is 0 Å². The van der Waals surface area contributed by atoms with Crippen LogP contribution in [0.25, 0.3) is 0 Å². The fourth-order valence-electron chi connectivity index (χ4n) is 2.44. The van der Waals surface area contributed by atoms with E-state index >= 15 is 0 Å². The second-order valence-electron chi connectivity index (χ2n) is 7.08. The lowest BCUT2D eigenvalue weighted by Crippen LogP contribution is -2.43. The van der Waals surface area contributed by atoms with Crippen LogP contribution in [0.15, 0.2) is 18.2 Å². The van der Waals surface area contributed by atoms with E-state index in [1.165, 1.54) is 19.9 Å².